The Labute approximate surface area is 132 Å². The first-order valence-corrected chi connectivity index (χ1v) is 8.70. The van der Waals surface area contributed by atoms with Crippen LogP contribution in [0.1, 0.15) is 44.6 Å². The van der Waals surface area contributed by atoms with Gasteiger partial charge in [0.2, 0.25) is 0 Å². The maximum absolute atomic E-state index is 13.2. The van der Waals surface area contributed by atoms with Gasteiger partial charge in [-0.15, -0.1) is 0 Å². The van der Waals surface area contributed by atoms with Gasteiger partial charge in [0.15, 0.2) is 0 Å². The molecule has 0 amide bonds. The Balaban J connectivity index is 1.64. The maximum atomic E-state index is 13.2. The predicted molar refractivity (Wildman–Crippen MR) is 86.1 cm³/mol. The van der Waals surface area contributed by atoms with E-state index < -0.39 is 0 Å². The molecule has 2 aliphatic rings. The third kappa shape index (κ3) is 3.60. The van der Waals surface area contributed by atoms with Gasteiger partial charge in [-0.25, -0.2) is 4.39 Å². The highest BCUT2D eigenvalue weighted by atomic mass is 35.5. The van der Waals surface area contributed by atoms with Crippen LogP contribution < -0.4 is 5.32 Å². The molecular formula is C18H25ClFN. The van der Waals surface area contributed by atoms with E-state index in [-0.39, 0.29) is 5.82 Å². The van der Waals surface area contributed by atoms with E-state index >= 15 is 0 Å². The lowest BCUT2D eigenvalue weighted by atomic mass is 9.83. The quantitative estimate of drug-likeness (QED) is 0.794. The molecule has 0 spiro atoms. The first-order chi connectivity index (χ1) is 10.2. The van der Waals surface area contributed by atoms with Gasteiger partial charge < -0.3 is 5.32 Å². The molecule has 3 heteroatoms. The van der Waals surface area contributed by atoms with Crippen LogP contribution >= 0.6 is 11.6 Å². The van der Waals surface area contributed by atoms with Crippen molar-refractivity contribution in [3.8, 4) is 0 Å². The fourth-order valence-electron chi connectivity index (χ4n) is 4.51. The molecule has 2 saturated carbocycles. The lowest BCUT2D eigenvalue weighted by Crippen LogP contribution is -2.34. The SMILES string of the molecule is CCNC(Cc1ccc(F)cc1Cl)CC1CC2CCC1C2. The average molecular weight is 310 g/mol. The van der Waals surface area contributed by atoms with Gasteiger partial charge in [0.25, 0.3) is 0 Å². The van der Waals surface area contributed by atoms with Crippen LogP contribution in [0.25, 0.3) is 0 Å². The Morgan fingerprint density at radius 1 is 1.33 bits per heavy atom. The van der Waals surface area contributed by atoms with Gasteiger partial charge in [-0.1, -0.05) is 31.0 Å². The Morgan fingerprint density at radius 3 is 2.81 bits per heavy atom. The van der Waals surface area contributed by atoms with Crippen molar-refractivity contribution in [2.24, 2.45) is 17.8 Å². The van der Waals surface area contributed by atoms with Gasteiger partial charge in [-0.3, -0.25) is 0 Å². The summed E-state index contributed by atoms with van der Waals surface area (Å²) in [6.45, 7) is 3.13. The Bertz CT molecular complexity index is 490. The summed E-state index contributed by atoms with van der Waals surface area (Å²) in [5, 5.41) is 4.17. The molecule has 1 nitrogen and oxygen atoms in total. The molecule has 4 atom stereocenters. The van der Waals surface area contributed by atoms with Gasteiger partial charge in [0.1, 0.15) is 5.82 Å². The summed E-state index contributed by atoms with van der Waals surface area (Å²) in [7, 11) is 0. The molecule has 2 bridgehead atoms. The summed E-state index contributed by atoms with van der Waals surface area (Å²) in [6, 6.07) is 5.24. The summed E-state index contributed by atoms with van der Waals surface area (Å²) in [5.74, 6) is 2.58. The molecule has 0 radical (unpaired) electrons. The van der Waals surface area contributed by atoms with Crippen LogP contribution in [-0.4, -0.2) is 12.6 Å². The lowest BCUT2D eigenvalue weighted by Gasteiger charge is -2.27. The van der Waals surface area contributed by atoms with Crippen molar-refractivity contribution in [3.05, 3.63) is 34.6 Å². The molecule has 0 saturated heterocycles. The third-order valence-corrected chi connectivity index (χ3v) is 5.80. The molecule has 21 heavy (non-hydrogen) atoms. The van der Waals surface area contributed by atoms with E-state index in [1.54, 1.807) is 0 Å². The van der Waals surface area contributed by atoms with Crippen LogP contribution in [0.5, 0.6) is 0 Å². The fourth-order valence-corrected chi connectivity index (χ4v) is 4.76. The van der Waals surface area contributed by atoms with Crippen molar-refractivity contribution in [2.75, 3.05) is 6.54 Å². The molecule has 2 aliphatic carbocycles. The highest BCUT2D eigenvalue weighted by Gasteiger charge is 2.40. The zero-order valence-electron chi connectivity index (χ0n) is 12.7. The topological polar surface area (TPSA) is 12.0 Å². The molecule has 1 aromatic rings. The van der Waals surface area contributed by atoms with E-state index in [1.807, 2.05) is 6.07 Å². The monoisotopic (exact) mass is 309 g/mol. The number of hydrogen-bond acceptors (Lipinski definition) is 1. The number of halogens is 2. The standard InChI is InChI=1S/C18H25ClFN/c1-2-21-17(9-14-5-6-16(20)11-18(14)19)10-15-8-12-3-4-13(15)7-12/h5-6,11-13,15,17,21H,2-4,7-10H2,1H3. The van der Waals surface area contributed by atoms with Crippen molar-refractivity contribution < 1.29 is 4.39 Å². The lowest BCUT2D eigenvalue weighted by molar-refractivity contribution is 0.278. The van der Waals surface area contributed by atoms with E-state index in [2.05, 4.69) is 12.2 Å². The second kappa shape index (κ2) is 6.66. The van der Waals surface area contributed by atoms with E-state index in [9.17, 15) is 4.39 Å². The molecule has 116 valence electrons. The van der Waals surface area contributed by atoms with Crippen molar-refractivity contribution in [2.45, 2.75) is 51.5 Å². The van der Waals surface area contributed by atoms with Crippen LogP contribution in [0.3, 0.4) is 0 Å². The number of benzene rings is 1. The Hall–Kier alpha value is -0.600. The molecule has 3 rings (SSSR count). The van der Waals surface area contributed by atoms with Gasteiger partial charge in [0.05, 0.1) is 0 Å². The first kappa shape index (κ1) is 15.3. The summed E-state index contributed by atoms with van der Waals surface area (Å²) in [5.41, 5.74) is 1.06. The minimum atomic E-state index is -0.253. The molecule has 1 aromatic carbocycles. The molecule has 0 heterocycles. The number of rotatable bonds is 6. The van der Waals surface area contributed by atoms with Crippen LogP contribution in [-0.2, 0) is 6.42 Å². The third-order valence-electron chi connectivity index (χ3n) is 5.45. The zero-order chi connectivity index (χ0) is 14.8. The minimum Gasteiger partial charge on any atom is -0.314 e. The van der Waals surface area contributed by atoms with Gasteiger partial charge in [0, 0.05) is 11.1 Å². The molecule has 2 fully saturated rings. The number of nitrogens with one attached hydrogen (secondary N) is 1. The number of likely N-dealkylation sites (N-methyl/N-ethyl adjacent to an activating group) is 1. The van der Waals surface area contributed by atoms with Crippen molar-refractivity contribution in [3.63, 3.8) is 0 Å². The van der Waals surface area contributed by atoms with Gasteiger partial charge in [-0.2, -0.15) is 0 Å². The smallest absolute Gasteiger partial charge is 0.124 e. The summed E-state index contributed by atoms with van der Waals surface area (Å²) >= 11 is 6.19. The Morgan fingerprint density at radius 2 is 2.19 bits per heavy atom. The average Bonchev–Trinajstić information content (AvgIpc) is 3.04. The van der Waals surface area contributed by atoms with Crippen molar-refractivity contribution >= 4 is 11.6 Å². The summed E-state index contributed by atoms with van der Waals surface area (Å²) < 4.78 is 13.2. The molecular weight excluding hydrogens is 285 g/mol. The fraction of sp³-hybridized carbons (Fsp3) is 0.667. The van der Waals surface area contributed by atoms with Crippen molar-refractivity contribution in [1.82, 2.24) is 5.32 Å². The van der Waals surface area contributed by atoms with E-state index in [4.69, 9.17) is 11.6 Å². The maximum Gasteiger partial charge on any atom is 0.124 e. The molecule has 0 aromatic heterocycles. The first-order valence-electron chi connectivity index (χ1n) is 8.33. The second-order valence-corrected chi connectivity index (χ2v) is 7.27. The normalized spacial score (nSPS) is 29.0. The second-order valence-electron chi connectivity index (χ2n) is 6.87. The van der Waals surface area contributed by atoms with Crippen LogP contribution in [0.15, 0.2) is 18.2 Å². The van der Waals surface area contributed by atoms with Crippen LogP contribution in [0, 0.1) is 23.6 Å². The highest BCUT2D eigenvalue weighted by molar-refractivity contribution is 6.31. The minimum absolute atomic E-state index is 0.253. The number of fused-ring (bicyclic) bond motifs is 2. The Kier molecular flexibility index (Phi) is 4.85. The molecule has 4 unspecified atom stereocenters. The van der Waals surface area contributed by atoms with Crippen LogP contribution in [0.2, 0.25) is 5.02 Å². The number of hydrogen-bond donors (Lipinski definition) is 1. The van der Waals surface area contributed by atoms with E-state index in [1.165, 1.54) is 44.2 Å². The van der Waals surface area contributed by atoms with Crippen LogP contribution in [0.4, 0.5) is 4.39 Å². The predicted octanol–water partition coefficient (Wildman–Crippen LogP) is 4.83. The highest BCUT2D eigenvalue weighted by Crippen LogP contribution is 2.50. The molecule has 1 N–H and O–H groups in total. The largest absolute Gasteiger partial charge is 0.314 e. The summed E-state index contributed by atoms with van der Waals surface area (Å²) in [6.07, 6.45) is 7.91. The van der Waals surface area contributed by atoms with E-state index in [0.29, 0.717) is 11.1 Å². The summed E-state index contributed by atoms with van der Waals surface area (Å²) in [4.78, 5) is 0. The van der Waals surface area contributed by atoms with Gasteiger partial charge in [-0.05, 0) is 74.1 Å². The molecule has 0 aliphatic heterocycles. The van der Waals surface area contributed by atoms with E-state index in [0.717, 1.165) is 36.3 Å². The zero-order valence-corrected chi connectivity index (χ0v) is 13.5. The van der Waals surface area contributed by atoms with Gasteiger partial charge >= 0.3 is 0 Å². The van der Waals surface area contributed by atoms with Crippen molar-refractivity contribution in [1.29, 1.82) is 0 Å².